The number of hydrogen-bond acceptors (Lipinski definition) is 4. The molecule has 0 unspecified atom stereocenters. The lowest BCUT2D eigenvalue weighted by Crippen LogP contribution is -2.47. The van der Waals surface area contributed by atoms with Gasteiger partial charge in [0.05, 0.1) is 0 Å². The zero-order valence-electron chi connectivity index (χ0n) is 15.4. The van der Waals surface area contributed by atoms with Crippen LogP contribution in [0.15, 0.2) is 35.7 Å². The molecule has 1 saturated heterocycles. The number of urea groups is 1. The van der Waals surface area contributed by atoms with Crippen LogP contribution in [0, 0.1) is 5.82 Å². The lowest BCUT2D eigenvalue weighted by atomic mass is 9.80. The Kier molecular flexibility index (Phi) is 4.66. The monoisotopic (exact) mass is 401 g/mol. The Bertz CT molecular complexity index is 942. The van der Waals surface area contributed by atoms with Crippen LogP contribution in [0.25, 0.3) is 0 Å². The summed E-state index contributed by atoms with van der Waals surface area (Å²) in [5.41, 5.74) is 0.314. The van der Waals surface area contributed by atoms with Crippen LogP contribution in [0.5, 0.6) is 0 Å². The van der Waals surface area contributed by atoms with Gasteiger partial charge in [-0.25, -0.2) is 9.18 Å². The molecule has 1 N–H and O–H groups in total. The molecule has 2 heterocycles. The molecule has 2 aliphatic rings. The molecule has 1 aliphatic carbocycles. The molecule has 4 amide bonds. The average molecular weight is 401 g/mol. The van der Waals surface area contributed by atoms with E-state index in [0.717, 1.165) is 28.2 Å². The Morgan fingerprint density at radius 2 is 2.04 bits per heavy atom. The molecule has 28 heavy (non-hydrogen) atoms. The van der Waals surface area contributed by atoms with Crippen LogP contribution in [-0.4, -0.2) is 35.8 Å². The fourth-order valence-corrected chi connectivity index (χ4v) is 5.03. The number of likely N-dealkylation sites (N-methyl/N-ethyl adjacent to an activating group) is 1. The Morgan fingerprint density at radius 1 is 1.29 bits per heavy atom. The number of aryl methyl sites for hydroxylation is 1. The van der Waals surface area contributed by atoms with Crippen LogP contribution < -0.4 is 10.2 Å². The van der Waals surface area contributed by atoms with E-state index in [0.29, 0.717) is 18.7 Å². The Balaban J connectivity index is 1.57. The van der Waals surface area contributed by atoms with Crippen LogP contribution in [0.4, 0.5) is 14.9 Å². The summed E-state index contributed by atoms with van der Waals surface area (Å²) in [5, 5.41) is 4.77. The second-order valence-corrected chi connectivity index (χ2v) is 7.95. The molecule has 0 saturated carbocycles. The van der Waals surface area contributed by atoms with E-state index in [9.17, 15) is 18.8 Å². The van der Waals surface area contributed by atoms with Crippen LogP contribution >= 0.6 is 11.3 Å². The number of hydrogen-bond donors (Lipinski definition) is 1. The van der Waals surface area contributed by atoms with Gasteiger partial charge in [-0.15, -0.1) is 11.3 Å². The number of thiophene rings is 1. The summed E-state index contributed by atoms with van der Waals surface area (Å²) in [6.45, 7) is 1.78. The maximum absolute atomic E-state index is 13.2. The average Bonchev–Trinajstić information content (AvgIpc) is 3.25. The van der Waals surface area contributed by atoms with Crippen molar-refractivity contribution < 1.29 is 18.8 Å². The molecule has 1 spiro atoms. The molecule has 0 radical (unpaired) electrons. The number of carbonyl (C=O) groups excluding carboxylic acids is 3. The van der Waals surface area contributed by atoms with Gasteiger partial charge in [-0.05, 0) is 61.9 Å². The van der Waals surface area contributed by atoms with Gasteiger partial charge in [-0.3, -0.25) is 14.5 Å². The zero-order chi connectivity index (χ0) is 19.9. The lowest BCUT2D eigenvalue weighted by molar-refractivity contribution is -0.135. The molecule has 1 aromatic heterocycles. The zero-order valence-corrected chi connectivity index (χ0v) is 16.2. The molecule has 4 rings (SSSR count). The first-order chi connectivity index (χ1) is 13.5. The van der Waals surface area contributed by atoms with Crippen molar-refractivity contribution in [3.63, 3.8) is 0 Å². The standard InChI is InChI=1S/C20H20FN3O3S/c1-2-23(14-7-5-13(21)6-8-14)17(25)12-24-18(26)20(22-19(24)27)10-3-4-16-15(20)9-11-28-16/h5-9,11H,2-4,10,12H2,1H3,(H,22,27)/t20-/m1/s1. The third-order valence-electron chi connectivity index (χ3n) is 5.39. The number of nitrogens with one attached hydrogen (secondary N) is 1. The summed E-state index contributed by atoms with van der Waals surface area (Å²) in [7, 11) is 0. The highest BCUT2D eigenvalue weighted by Crippen LogP contribution is 2.42. The third kappa shape index (κ3) is 2.88. The second kappa shape index (κ2) is 7.01. The molecule has 1 aliphatic heterocycles. The number of halogens is 1. The van der Waals surface area contributed by atoms with Crippen molar-refractivity contribution in [3.8, 4) is 0 Å². The lowest BCUT2D eigenvalue weighted by Gasteiger charge is -2.31. The summed E-state index contributed by atoms with van der Waals surface area (Å²) in [5.74, 6) is -1.16. The van der Waals surface area contributed by atoms with Gasteiger partial charge >= 0.3 is 6.03 Å². The van der Waals surface area contributed by atoms with E-state index >= 15 is 0 Å². The van der Waals surface area contributed by atoms with Crippen LogP contribution in [0.3, 0.4) is 0 Å². The molecule has 1 aromatic carbocycles. The predicted molar refractivity (Wildman–Crippen MR) is 104 cm³/mol. The van der Waals surface area contributed by atoms with Gasteiger partial charge in [0.1, 0.15) is 17.9 Å². The van der Waals surface area contributed by atoms with Crippen LogP contribution in [-0.2, 0) is 21.5 Å². The summed E-state index contributed by atoms with van der Waals surface area (Å²) < 4.78 is 13.2. The Labute approximate surface area is 165 Å². The van der Waals surface area contributed by atoms with Crippen LogP contribution in [0.1, 0.15) is 30.2 Å². The highest BCUT2D eigenvalue weighted by atomic mass is 32.1. The minimum Gasteiger partial charge on any atom is -0.319 e. The van der Waals surface area contributed by atoms with Crippen molar-refractivity contribution in [1.29, 1.82) is 0 Å². The molecule has 1 atom stereocenters. The number of amides is 4. The van der Waals surface area contributed by atoms with Crippen molar-refractivity contribution >= 4 is 34.9 Å². The Morgan fingerprint density at radius 3 is 2.75 bits per heavy atom. The number of anilines is 1. The highest BCUT2D eigenvalue weighted by molar-refractivity contribution is 7.10. The summed E-state index contributed by atoms with van der Waals surface area (Å²) in [6, 6.07) is 6.89. The van der Waals surface area contributed by atoms with Crippen LogP contribution in [0.2, 0.25) is 0 Å². The SMILES string of the molecule is CCN(C(=O)CN1C(=O)N[C@@]2(CCCc3sccc32)C1=O)c1ccc(F)cc1. The first kappa shape index (κ1) is 18.6. The molecule has 8 heteroatoms. The van der Waals surface area contributed by atoms with E-state index in [1.54, 1.807) is 18.3 Å². The largest absolute Gasteiger partial charge is 0.325 e. The summed E-state index contributed by atoms with van der Waals surface area (Å²) in [4.78, 5) is 42.2. The minimum absolute atomic E-state index is 0.341. The predicted octanol–water partition coefficient (Wildman–Crippen LogP) is 3.02. The molecular weight excluding hydrogens is 381 g/mol. The topological polar surface area (TPSA) is 69.7 Å². The van der Waals surface area contributed by atoms with E-state index in [4.69, 9.17) is 0 Å². The van der Waals surface area contributed by atoms with E-state index in [1.165, 1.54) is 29.2 Å². The number of rotatable bonds is 4. The molecule has 1 fully saturated rings. The van der Waals surface area contributed by atoms with Gasteiger partial charge in [0.25, 0.3) is 5.91 Å². The summed E-state index contributed by atoms with van der Waals surface area (Å²) in [6.07, 6.45) is 2.23. The number of carbonyl (C=O) groups is 3. The number of fused-ring (bicyclic) bond motifs is 2. The van der Waals surface area contributed by atoms with Gasteiger partial charge < -0.3 is 10.2 Å². The second-order valence-electron chi connectivity index (χ2n) is 6.95. The van der Waals surface area contributed by atoms with Crippen molar-refractivity contribution in [1.82, 2.24) is 10.2 Å². The normalized spacial score (nSPS) is 21.0. The molecular formula is C20H20FN3O3S. The maximum Gasteiger partial charge on any atom is 0.325 e. The van der Waals surface area contributed by atoms with Gasteiger partial charge in [0.15, 0.2) is 0 Å². The fraction of sp³-hybridized carbons (Fsp3) is 0.350. The number of imide groups is 1. The minimum atomic E-state index is -1.06. The number of benzene rings is 1. The van der Waals surface area contributed by atoms with Gasteiger partial charge in [0.2, 0.25) is 5.91 Å². The molecule has 6 nitrogen and oxygen atoms in total. The smallest absolute Gasteiger partial charge is 0.319 e. The van der Waals surface area contributed by atoms with Crippen molar-refractivity contribution in [2.75, 3.05) is 18.0 Å². The van der Waals surface area contributed by atoms with Gasteiger partial charge in [-0.2, -0.15) is 0 Å². The fourth-order valence-electron chi connectivity index (χ4n) is 4.03. The summed E-state index contributed by atoms with van der Waals surface area (Å²) >= 11 is 1.58. The molecule has 0 bridgehead atoms. The van der Waals surface area contributed by atoms with Crippen molar-refractivity contribution in [2.45, 2.75) is 31.7 Å². The maximum atomic E-state index is 13.2. The van der Waals surface area contributed by atoms with Gasteiger partial charge in [-0.1, -0.05) is 0 Å². The number of nitrogens with zero attached hydrogens (tertiary/aromatic N) is 2. The Hall–Kier alpha value is -2.74. The first-order valence-corrected chi connectivity index (χ1v) is 10.1. The van der Waals surface area contributed by atoms with E-state index in [1.807, 2.05) is 11.4 Å². The highest BCUT2D eigenvalue weighted by Gasteiger charge is 2.54. The molecule has 146 valence electrons. The third-order valence-corrected chi connectivity index (χ3v) is 6.37. The first-order valence-electron chi connectivity index (χ1n) is 9.23. The quantitative estimate of drug-likeness (QED) is 0.801. The van der Waals surface area contributed by atoms with E-state index in [-0.39, 0.29) is 12.5 Å². The van der Waals surface area contributed by atoms with E-state index < -0.39 is 23.3 Å². The van der Waals surface area contributed by atoms with Crippen molar-refractivity contribution in [2.24, 2.45) is 0 Å². The molecule has 2 aromatic rings. The van der Waals surface area contributed by atoms with E-state index in [2.05, 4.69) is 5.32 Å². The van der Waals surface area contributed by atoms with Gasteiger partial charge in [0, 0.05) is 22.7 Å². The van der Waals surface area contributed by atoms with Crippen molar-refractivity contribution in [3.05, 3.63) is 52.0 Å².